The minimum Gasteiger partial charge on any atom is -0.197 e. The molecule has 1 aromatic carbocycles. The molecular formula is C11H9F3N2O. The van der Waals surface area contributed by atoms with Gasteiger partial charge in [-0.25, -0.2) is 0 Å². The molecule has 90 valence electrons. The molecule has 0 N–H and O–H groups in total. The van der Waals surface area contributed by atoms with Gasteiger partial charge >= 0.3 is 6.18 Å². The normalized spacial score (nSPS) is 12.0. The molecule has 0 unspecified atom stereocenters. The Kier molecular flexibility index (Phi) is 3.23. The molecule has 0 bridgehead atoms. The molecule has 0 aliphatic heterocycles. The fraction of sp³-hybridized carbons (Fsp3) is 0.364. The van der Waals surface area contributed by atoms with Crippen LogP contribution in [0.4, 0.5) is 18.9 Å². The summed E-state index contributed by atoms with van der Waals surface area (Å²) in [6, 6.07) is 4.73. The Bertz CT molecular complexity index is 486. The van der Waals surface area contributed by atoms with E-state index >= 15 is 0 Å². The number of rotatable bonds is 2. The third-order valence-corrected chi connectivity index (χ3v) is 2.37. The molecule has 0 atom stereocenters. The monoisotopic (exact) mass is 242 g/mol. The molecule has 0 aliphatic rings. The van der Waals surface area contributed by atoms with Crippen molar-refractivity contribution in [3.63, 3.8) is 0 Å². The smallest absolute Gasteiger partial charge is 0.197 e. The standard InChI is InChI=1S/C11H9F3N2O/c1-10(2,6-15)8-4-3-7(16-17)5-9(8)11(12,13)14/h3-5H,1-2H3. The van der Waals surface area contributed by atoms with Gasteiger partial charge in [-0.3, -0.25) is 0 Å². The van der Waals surface area contributed by atoms with E-state index in [2.05, 4.69) is 5.18 Å². The number of alkyl halides is 3. The summed E-state index contributed by atoms with van der Waals surface area (Å²) >= 11 is 0. The molecule has 0 fully saturated rings. The first-order valence-electron chi connectivity index (χ1n) is 4.68. The van der Waals surface area contributed by atoms with E-state index in [1.165, 1.54) is 13.8 Å². The summed E-state index contributed by atoms with van der Waals surface area (Å²) in [6.45, 7) is 2.76. The maximum atomic E-state index is 12.8. The van der Waals surface area contributed by atoms with Crippen molar-refractivity contribution in [2.24, 2.45) is 5.18 Å². The van der Waals surface area contributed by atoms with Crippen molar-refractivity contribution in [1.29, 1.82) is 5.26 Å². The van der Waals surface area contributed by atoms with Gasteiger partial charge in [-0.2, -0.15) is 18.4 Å². The van der Waals surface area contributed by atoms with Crippen LogP contribution < -0.4 is 0 Å². The topological polar surface area (TPSA) is 53.2 Å². The van der Waals surface area contributed by atoms with E-state index in [1.807, 2.05) is 0 Å². The van der Waals surface area contributed by atoms with E-state index in [0.29, 0.717) is 6.07 Å². The average molecular weight is 242 g/mol. The second kappa shape index (κ2) is 4.17. The molecule has 0 heterocycles. The number of nitrogens with zero attached hydrogens (tertiary/aromatic N) is 2. The molecule has 0 spiro atoms. The highest BCUT2D eigenvalue weighted by molar-refractivity contribution is 5.49. The fourth-order valence-electron chi connectivity index (χ4n) is 1.43. The number of benzene rings is 1. The van der Waals surface area contributed by atoms with Gasteiger partial charge in [0.2, 0.25) is 0 Å². The van der Waals surface area contributed by atoms with Gasteiger partial charge in [-0.15, -0.1) is 4.91 Å². The van der Waals surface area contributed by atoms with Gasteiger partial charge in [-0.1, -0.05) is 6.07 Å². The zero-order chi connectivity index (χ0) is 13.3. The van der Waals surface area contributed by atoms with Gasteiger partial charge < -0.3 is 0 Å². The number of hydrogen-bond acceptors (Lipinski definition) is 3. The van der Waals surface area contributed by atoms with Gasteiger partial charge in [0.15, 0.2) is 0 Å². The number of halogens is 3. The van der Waals surface area contributed by atoms with Crippen LogP contribution in [0, 0.1) is 16.2 Å². The fourth-order valence-corrected chi connectivity index (χ4v) is 1.43. The summed E-state index contributed by atoms with van der Waals surface area (Å²) < 4.78 is 38.3. The van der Waals surface area contributed by atoms with E-state index in [0.717, 1.165) is 12.1 Å². The lowest BCUT2D eigenvalue weighted by atomic mass is 9.83. The van der Waals surface area contributed by atoms with Crippen LogP contribution in [0.25, 0.3) is 0 Å². The summed E-state index contributed by atoms with van der Waals surface area (Å²) in [5.74, 6) is 0. The quantitative estimate of drug-likeness (QED) is 0.738. The van der Waals surface area contributed by atoms with Crippen molar-refractivity contribution in [3.8, 4) is 6.07 Å². The van der Waals surface area contributed by atoms with Crippen LogP contribution in [-0.2, 0) is 11.6 Å². The Morgan fingerprint density at radius 1 is 1.24 bits per heavy atom. The van der Waals surface area contributed by atoms with Crippen molar-refractivity contribution >= 4 is 5.69 Å². The molecule has 0 aromatic heterocycles. The Balaban J connectivity index is 3.53. The van der Waals surface area contributed by atoms with E-state index in [4.69, 9.17) is 5.26 Å². The molecule has 1 rings (SSSR count). The highest BCUT2D eigenvalue weighted by Gasteiger charge is 2.38. The predicted molar refractivity (Wildman–Crippen MR) is 55.5 cm³/mol. The molecule has 0 aliphatic carbocycles. The Hall–Kier alpha value is -1.90. The third kappa shape index (κ3) is 2.61. The highest BCUT2D eigenvalue weighted by atomic mass is 19.4. The van der Waals surface area contributed by atoms with Crippen LogP contribution in [0.2, 0.25) is 0 Å². The first-order chi connectivity index (χ1) is 7.72. The Morgan fingerprint density at radius 3 is 2.24 bits per heavy atom. The molecule has 17 heavy (non-hydrogen) atoms. The second-order valence-electron chi connectivity index (χ2n) is 4.06. The molecule has 6 heteroatoms. The van der Waals surface area contributed by atoms with Gasteiger partial charge in [0.05, 0.1) is 17.0 Å². The molecule has 3 nitrogen and oxygen atoms in total. The maximum Gasteiger partial charge on any atom is 0.416 e. The minimum atomic E-state index is -4.62. The Morgan fingerprint density at radius 2 is 1.82 bits per heavy atom. The van der Waals surface area contributed by atoms with E-state index in [9.17, 15) is 18.1 Å². The third-order valence-electron chi connectivity index (χ3n) is 2.37. The molecule has 1 aromatic rings. The van der Waals surface area contributed by atoms with E-state index in [1.54, 1.807) is 6.07 Å². The molecular weight excluding hydrogens is 233 g/mol. The van der Waals surface area contributed by atoms with Crippen molar-refractivity contribution in [2.75, 3.05) is 0 Å². The zero-order valence-corrected chi connectivity index (χ0v) is 9.17. The zero-order valence-electron chi connectivity index (χ0n) is 9.17. The maximum absolute atomic E-state index is 12.8. The summed E-state index contributed by atoms with van der Waals surface area (Å²) in [6.07, 6.45) is -4.62. The predicted octanol–water partition coefficient (Wildman–Crippen LogP) is 3.90. The summed E-state index contributed by atoms with van der Waals surface area (Å²) in [5.41, 5.74) is -2.76. The van der Waals surface area contributed by atoms with Crippen LogP contribution in [0.15, 0.2) is 23.4 Å². The SMILES string of the molecule is CC(C)(C#N)c1ccc(N=O)cc1C(F)(F)F. The van der Waals surface area contributed by atoms with Crippen molar-refractivity contribution in [3.05, 3.63) is 34.2 Å². The first kappa shape index (κ1) is 13.2. The molecule has 0 amide bonds. The van der Waals surface area contributed by atoms with Crippen LogP contribution >= 0.6 is 0 Å². The summed E-state index contributed by atoms with van der Waals surface area (Å²) in [4.78, 5) is 10.2. The van der Waals surface area contributed by atoms with E-state index in [-0.39, 0.29) is 11.3 Å². The van der Waals surface area contributed by atoms with Crippen molar-refractivity contribution < 1.29 is 13.2 Å². The van der Waals surface area contributed by atoms with Gasteiger partial charge in [0.25, 0.3) is 0 Å². The second-order valence-corrected chi connectivity index (χ2v) is 4.06. The lowest BCUT2D eigenvalue weighted by molar-refractivity contribution is -0.138. The highest BCUT2D eigenvalue weighted by Crippen LogP contribution is 2.39. The lowest BCUT2D eigenvalue weighted by Gasteiger charge is -2.21. The Labute approximate surface area is 95.8 Å². The van der Waals surface area contributed by atoms with Gasteiger partial charge in [0, 0.05) is 0 Å². The van der Waals surface area contributed by atoms with Crippen molar-refractivity contribution in [1.82, 2.24) is 0 Å². The van der Waals surface area contributed by atoms with Crippen LogP contribution in [0.1, 0.15) is 25.0 Å². The minimum absolute atomic E-state index is 0.167. The summed E-state index contributed by atoms with van der Waals surface area (Å²) in [5, 5.41) is 11.3. The van der Waals surface area contributed by atoms with Crippen LogP contribution in [0.5, 0.6) is 0 Å². The van der Waals surface area contributed by atoms with E-state index < -0.39 is 17.2 Å². The molecule has 0 radical (unpaired) electrons. The van der Waals surface area contributed by atoms with Gasteiger partial charge in [0.1, 0.15) is 5.69 Å². The van der Waals surface area contributed by atoms with Gasteiger partial charge in [-0.05, 0) is 36.7 Å². The lowest BCUT2D eigenvalue weighted by Crippen LogP contribution is -2.20. The largest absolute Gasteiger partial charge is 0.416 e. The number of nitriles is 1. The average Bonchev–Trinajstić information content (AvgIpc) is 2.27. The number of hydrogen-bond donors (Lipinski definition) is 0. The van der Waals surface area contributed by atoms with Crippen LogP contribution in [-0.4, -0.2) is 0 Å². The first-order valence-corrected chi connectivity index (χ1v) is 4.68. The summed E-state index contributed by atoms with van der Waals surface area (Å²) in [7, 11) is 0. The molecule has 0 saturated carbocycles. The number of nitroso groups, excluding NO2 is 1. The molecule has 0 saturated heterocycles. The van der Waals surface area contributed by atoms with Crippen molar-refractivity contribution in [2.45, 2.75) is 25.4 Å². The van der Waals surface area contributed by atoms with Crippen LogP contribution in [0.3, 0.4) is 0 Å².